The van der Waals surface area contributed by atoms with Crippen LogP contribution in [0.1, 0.15) is 6.42 Å². The Kier molecular flexibility index (Phi) is 8.14. The number of nitrogens with one attached hydrogen (secondary N) is 1. The van der Waals surface area contributed by atoms with E-state index in [4.69, 9.17) is 17.5 Å². The standard InChI is InChI=1S/C4H7N.Cu.H2O4S/c1-2-4-5-3-1;;1-5(2,3)4/h1,3,5H,2,4H2;;(H2,1,2,3,4)/q;+2;/p-2. The Hall–Kier alpha value is -0.0705. The van der Waals surface area contributed by atoms with E-state index in [0.29, 0.717) is 0 Å². The molecule has 0 atom stereocenters. The van der Waals surface area contributed by atoms with Crippen LogP contribution >= 0.6 is 0 Å². The first-order valence-corrected chi connectivity index (χ1v) is 3.88. The van der Waals surface area contributed by atoms with Gasteiger partial charge in [-0.05, 0) is 12.6 Å². The molecule has 1 N–H and O–H groups in total. The first-order valence-electron chi connectivity index (χ1n) is 2.55. The van der Waals surface area contributed by atoms with Crippen LogP contribution in [0, 0.1) is 0 Å². The summed E-state index contributed by atoms with van der Waals surface area (Å²) in [6, 6.07) is 0. The zero-order valence-electron chi connectivity index (χ0n) is 5.41. The fourth-order valence-corrected chi connectivity index (χ4v) is 0.417. The molecule has 0 bridgehead atoms. The van der Waals surface area contributed by atoms with Crippen molar-refractivity contribution in [2.75, 3.05) is 6.54 Å². The van der Waals surface area contributed by atoms with E-state index in [1.807, 2.05) is 6.20 Å². The maximum absolute atomic E-state index is 8.52. The van der Waals surface area contributed by atoms with Crippen molar-refractivity contribution < 1.29 is 34.6 Å². The fourth-order valence-electron chi connectivity index (χ4n) is 0.417. The Morgan fingerprint density at radius 1 is 1.36 bits per heavy atom. The van der Waals surface area contributed by atoms with Gasteiger partial charge in [0.05, 0.1) is 0 Å². The Balaban J connectivity index is 0. The minimum absolute atomic E-state index is 0. The molecular weight excluding hydrogens is 222 g/mol. The van der Waals surface area contributed by atoms with Crippen molar-refractivity contribution in [1.29, 1.82) is 0 Å². The van der Waals surface area contributed by atoms with E-state index >= 15 is 0 Å². The second kappa shape index (κ2) is 6.63. The van der Waals surface area contributed by atoms with Crippen molar-refractivity contribution in [2.45, 2.75) is 6.42 Å². The van der Waals surface area contributed by atoms with E-state index in [-0.39, 0.29) is 17.1 Å². The smallest absolute Gasteiger partial charge is 0.759 e. The van der Waals surface area contributed by atoms with Gasteiger partial charge in [0.25, 0.3) is 0 Å². The van der Waals surface area contributed by atoms with E-state index in [2.05, 4.69) is 11.4 Å². The van der Waals surface area contributed by atoms with Crippen LogP contribution in [0.4, 0.5) is 0 Å². The van der Waals surface area contributed by atoms with Gasteiger partial charge in [-0.2, -0.15) is 0 Å². The van der Waals surface area contributed by atoms with Gasteiger partial charge in [0, 0.05) is 16.9 Å². The molecule has 0 fully saturated rings. The van der Waals surface area contributed by atoms with Gasteiger partial charge in [0.1, 0.15) is 0 Å². The van der Waals surface area contributed by atoms with Gasteiger partial charge in [0.15, 0.2) is 0 Å². The predicted octanol–water partition coefficient (Wildman–Crippen LogP) is -0.847. The van der Waals surface area contributed by atoms with E-state index in [0.717, 1.165) is 6.54 Å². The molecule has 1 radical (unpaired) electrons. The monoisotopic (exact) mass is 228 g/mol. The van der Waals surface area contributed by atoms with Gasteiger partial charge in [-0.25, -0.2) is 0 Å². The first-order chi connectivity index (χ1) is 4.50. The van der Waals surface area contributed by atoms with Gasteiger partial charge in [-0.15, -0.1) is 0 Å². The summed E-state index contributed by atoms with van der Waals surface area (Å²) >= 11 is 0. The SMILES string of the molecule is C1=CNCC1.O=S(=O)([O-])[O-].[Cu+2]. The second-order valence-electron chi connectivity index (χ2n) is 1.55. The number of rotatable bonds is 0. The quantitative estimate of drug-likeness (QED) is 0.331. The molecule has 0 aromatic heterocycles. The van der Waals surface area contributed by atoms with Crippen LogP contribution in [0.3, 0.4) is 0 Å². The van der Waals surface area contributed by atoms with E-state index in [1.54, 1.807) is 0 Å². The predicted molar refractivity (Wildman–Crippen MR) is 32.2 cm³/mol. The van der Waals surface area contributed by atoms with Crippen LogP contribution in [0.15, 0.2) is 12.3 Å². The third kappa shape index (κ3) is 25.7. The van der Waals surface area contributed by atoms with Crippen molar-refractivity contribution in [3.05, 3.63) is 12.3 Å². The average molecular weight is 229 g/mol. The topological polar surface area (TPSA) is 92.3 Å². The molecule has 7 heteroatoms. The Bertz CT molecular complexity index is 186. The summed E-state index contributed by atoms with van der Waals surface area (Å²) in [7, 11) is -5.17. The Labute approximate surface area is 75.9 Å². The normalized spacial score (nSPS) is 14.0. The molecule has 1 heterocycles. The summed E-state index contributed by atoms with van der Waals surface area (Å²) in [5, 5.41) is 3.04. The van der Waals surface area contributed by atoms with Gasteiger partial charge in [0.2, 0.25) is 0 Å². The van der Waals surface area contributed by atoms with Gasteiger partial charge in [-0.1, -0.05) is 6.08 Å². The van der Waals surface area contributed by atoms with Gasteiger partial charge < -0.3 is 14.4 Å². The summed E-state index contributed by atoms with van der Waals surface area (Å²) in [5.41, 5.74) is 0. The molecule has 1 rings (SSSR count). The summed E-state index contributed by atoms with van der Waals surface area (Å²) in [4.78, 5) is 0. The van der Waals surface area contributed by atoms with Crippen LogP contribution in [0.5, 0.6) is 0 Å². The van der Waals surface area contributed by atoms with Crippen LogP contribution in [0.25, 0.3) is 0 Å². The van der Waals surface area contributed by atoms with Crippen molar-refractivity contribution in [2.24, 2.45) is 0 Å². The molecule has 0 aromatic rings. The first kappa shape index (κ1) is 13.5. The maximum atomic E-state index is 8.52. The third-order valence-electron chi connectivity index (χ3n) is 0.691. The zero-order valence-corrected chi connectivity index (χ0v) is 7.17. The summed E-state index contributed by atoms with van der Waals surface area (Å²) in [5.74, 6) is 0. The summed E-state index contributed by atoms with van der Waals surface area (Å²) < 4.78 is 34.1. The third-order valence-corrected chi connectivity index (χ3v) is 0.691. The molecule has 1 aliphatic rings. The number of hydrogen-bond donors (Lipinski definition) is 1. The minimum atomic E-state index is -5.17. The molecule has 1 aliphatic heterocycles. The molecule has 0 saturated carbocycles. The molecule has 69 valence electrons. The van der Waals surface area contributed by atoms with Crippen molar-refractivity contribution in [1.82, 2.24) is 5.32 Å². The van der Waals surface area contributed by atoms with E-state index in [9.17, 15) is 0 Å². The number of hydrogen-bond acceptors (Lipinski definition) is 5. The van der Waals surface area contributed by atoms with E-state index < -0.39 is 10.4 Å². The maximum Gasteiger partial charge on any atom is 2.00 e. The Morgan fingerprint density at radius 3 is 1.91 bits per heavy atom. The molecule has 0 saturated heterocycles. The van der Waals surface area contributed by atoms with Crippen molar-refractivity contribution in [3.8, 4) is 0 Å². The van der Waals surface area contributed by atoms with Crippen LogP contribution < -0.4 is 5.32 Å². The molecular formula is C4H7CuNO4S. The molecule has 0 amide bonds. The summed E-state index contributed by atoms with van der Waals surface area (Å²) in [6.45, 7) is 1.14. The van der Waals surface area contributed by atoms with Crippen LogP contribution in [0.2, 0.25) is 0 Å². The van der Waals surface area contributed by atoms with Gasteiger partial charge in [-0.3, -0.25) is 8.42 Å². The fraction of sp³-hybridized carbons (Fsp3) is 0.500. The largest absolute Gasteiger partial charge is 2.00 e. The molecule has 0 unspecified atom stereocenters. The molecule has 0 aliphatic carbocycles. The molecule has 0 spiro atoms. The average Bonchev–Trinajstić information content (AvgIpc) is 2.07. The Morgan fingerprint density at radius 2 is 1.82 bits per heavy atom. The minimum Gasteiger partial charge on any atom is -0.759 e. The molecule has 0 aromatic carbocycles. The van der Waals surface area contributed by atoms with Crippen LogP contribution in [-0.2, 0) is 27.5 Å². The van der Waals surface area contributed by atoms with Crippen molar-refractivity contribution in [3.63, 3.8) is 0 Å². The van der Waals surface area contributed by atoms with Crippen molar-refractivity contribution >= 4 is 10.4 Å². The molecule has 11 heavy (non-hydrogen) atoms. The zero-order chi connectivity index (χ0) is 8.04. The van der Waals surface area contributed by atoms with Crippen LogP contribution in [-0.4, -0.2) is 24.1 Å². The van der Waals surface area contributed by atoms with Gasteiger partial charge >= 0.3 is 17.1 Å². The molecule has 5 nitrogen and oxygen atoms in total. The second-order valence-corrected chi connectivity index (χ2v) is 2.37. The summed E-state index contributed by atoms with van der Waals surface area (Å²) in [6.07, 6.45) is 5.32. The van der Waals surface area contributed by atoms with E-state index in [1.165, 1.54) is 6.42 Å².